The lowest BCUT2D eigenvalue weighted by Crippen LogP contribution is -2.00. The minimum atomic E-state index is 0.346. The molecule has 0 aliphatic carbocycles. The SMILES string of the molecule is Cc1cccc(-n2c(-c3ccc(COc4cc(C)ccc4C(C)C)o3)n[nH]c2=S)c1. The highest BCUT2D eigenvalue weighted by atomic mass is 32.1. The Morgan fingerprint density at radius 1 is 1.07 bits per heavy atom. The summed E-state index contributed by atoms with van der Waals surface area (Å²) < 4.78 is 14.6. The van der Waals surface area contributed by atoms with Crippen LogP contribution in [-0.4, -0.2) is 14.8 Å². The summed E-state index contributed by atoms with van der Waals surface area (Å²) in [4.78, 5) is 0. The molecule has 0 amide bonds. The van der Waals surface area contributed by atoms with Crippen molar-refractivity contribution in [2.45, 2.75) is 40.2 Å². The Balaban J connectivity index is 1.60. The minimum absolute atomic E-state index is 0.346. The summed E-state index contributed by atoms with van der Waals surface area (Å²) in [5, 5.41) is 7.26. The molecule has 1 N–H and O–H groups in total. The van der Waals surface area contributed by atoms with Gasteiger partial charge in [-0.3, -0.25) is 9.67 Å². The van der Waals surface area contributed by atoms with Gasteiger partial charge in [-0.05, 0) is 79.0 Å². The van der Waals surface area contributed by atoms with E-state index in [0.29, 0.717) is 28.9 Å². The number of aromatic nitrogens is 3. The van der Waals surface area contributed by atoms with Crippen LogP contribution in [0.15, 0.2) is 59.0 Å². The van der Waals surface area contributed by atoms with Crippen LogP contribution in [0.25, 0.3) is 17.3 Å². The first kappa shape index (κ1) is 20.2. The zero-order valence-electron chi connectivity index (χ0n) is 17.6. The van der Waals surface area contributed by atoms with Gasteiger partial charge in [0.1, 0.15) is 18.1 Å². The number of aryl methyl sites for hydroxylation is 2. The Kier molecular flexibility index (Phi) is 5.59. The molecule has 0 unspecified atom stereocenters. The Labute approximate surface area is 181 Å². The molecule has 0 fully saturated rings. The summed E-state index contributed by atoms with van der Waals surface area (Å²) >= 11 is 5.45. The van der Waals surface area contributed by atoms with Crippen molar-refractivity contribution < 1.29 is 9.15 Å². The van der Waals surface area contributed by atoms with Gasteiger partial charge in [0.25, 0.3) is 0 Å². The van der Waals surface area contributed by atoms with E-state index < -0.39 is 0 Å². The third-order valence-corrected chi connectivity index (χ3v) is 5.25. The number of nitrogens with one attached hydrogen (secondary N) is 1. The average molecular weight is 420 g/mol. The van der Waals surface area contributed by atoms with Crippen LogP contribution in [0, 0.1) is 18.6 Å². The monoisotopic (exact) mass is 419 g/mol. The third kappa shape index (κ3) is 4.09. The van der Waals surface area contributed by atoms with E-state index in [4.69, 9.17) is 21.4 Å². The predicted molar refractivity (Wildman–Crippen MR) is 121 cm³/mol. The molecule has 154 valence electrons. The Morgan fingerprint density at radius 2 is 1.87 bits per heavy atom. The molecule has 0 aliphatic rings. The summed E-state index contributed by atoms with van der Waals surface area (Å²) in [5.41, 5.74) is 4.45. The summed E-state index contributed by atoms with van der Waals surface area (Å²) in [7, 11) is 0. The first-order chi connectivity index (χ1) is 14.4. The van der Waals surface area contributed by atoms with E-state index >= 15 is 0 Å². The predicted octanol–water partition coefficient (Wildman–Crippen LogP) is 6.51. The maximum absolute atomic E-state index is 6.10. The van der Waals surface area contributed by atoms with Gasteiger partial charge in [0.2, 0.25) is 5.82 Å². The van der Waals surface area contributed by atoms with Gasteiger partial charge in [-0.15, -0.1) is 0 Å². The molecule has 2 heterocycles. The first-order valence-electron chi connectivity index (χ1n) is 9.99. The van der Waals surface area contributed by atoms with Crippen molar-refractivity contribution in [3.05, 3.63) is 81.8 Å². The highest BCUT2D eigenvalue weighted by Gasteiger charge is 2.16. The molecule has 0 saturated carbocycles. The van der Waals surface area contributed by atoms with Crippen LogP contribution in [-0.2, 0) is 6.61 Å². The zero-order valence-corrected chi connectivity index (χ0v) is 18.4. The van der Waals surface area contributed by atoms with E-state index in [2.05, 4.69) is 55.2 Å². The molecule has 0 spiro atoms. The number of rotatable bonds is 6. The van der Waals surface area contributed by atoms with Gasteiger partial charge in [0.15, 0.2) is 10.5 Å². The molecule has 5 nitrogen and oxygen atoms in total. The van der Waals surface area contributed by atoms with Gasteiger partial charge in [-0.25, -0.2) is 0 Å². The molecule has 0 atom stereocenters. The highest BCUT2D eigenvalue weighted by Crippen LogP contribution is 2.29. The van der Waals surface area contributed by atoms with Gasteiger partial charge in [0, 0.05) is 0 Å². The molecule has 4 rings (SSSR count). The van der Waals surface area contributed by atoms with Gasteiger partial charge in [-0.1, -0.05) is 38.1 Å². The fraction of sp³-hybridized carbons (Fsp3) is 0.250. The Morgan fingerprint density at radius 3 is 2.63 bits per heavy atom. The molecule has 0 radical (unpaired) electrons. The van der Waals surface area contributed by atoms with E-state index in [9.17, 15) is 0 Å². The second-order valence-corrected chi connectivity index (χ2v) is 8.16. The fourth-order valence-corrected chi connectivity index (χ4v) is 3.67. The summed E-state index contributed by atoms with van der Waals surface area (Å²) in [6, 6.07) is 18.2. The number of hydrogen-bond acceptors (Lipinski definition) is 4. The van der Waals surface area contributed by atoms with Crippen LogP contribution in [0.1, 0.15) is 42.2 Å². The lowest BCUT2D eigenvalue weighted by Gasteiger charge is -2.14. The second kappa shape index (κ2) is 8.32. The number of ether oxygens (including phenoxy) is 1. The van der Waals surface area contributed by atoms with Crippen molar-refractivity contribution >= 4 is 12.2 Å². The highest BCUT2D eigenvalue weighted by molar-refractivity contribution is 7.71. The van der Waals surface area contributed by atoms with Crippen molar-refractivity contribution in [1.29, 1.82) is 0 Å². The number of nitrogens with zero attached hydrogens (tertiary/aromatic N) is 2. The van der Waals surface area contributed by atoms with E-state index in [1.807, 2.05) is 41.8 Å². The van der Waals surface area contributed by atoms with E-state index in [0.717, 1.165) is 22.8 Å². The first-order valence-corrected chi connectivity index (χ1v) is 10.4. The minimum Gasteiger partial charge on any atom is -0.485 e. The van der Waals surface area contributed by atoms with Gasteiger partial charge < -0.3 is 9.15 Å². The summed E-state index contributed by atoms with van der Waals surface area (Å²) in [5.74, 6) is 3.28. The molecule has 2 aromatic heterocycles. The molecule has 0 bridgehead atoms. The number of aromatic amines is 1. The zero-order chi connectivity index (χ0) is 21.3. The van der Waals surface area contributed by atoms with Gasteiger partial charge in [0.05, 0.1) is 5.69 Å². The van der Waals surface area contributed by atoms with Crippen molar-refractivity contribution in [1.82, 2.24) is 14.8 Å². The van der Waals surface area contributed by atoms with Crippen LogP contribution in [0.3, 0.4) is 0 Å². The number of furan rings is 1. The average Bonchev–Trinajstić information content (AvgIpc) is 3.32. The molecular formula is C24H25N3O2S. The second-order valence-electron chi connectivity index (χ2n) is 7.78. The smallest absolute Gasteiger partial charge is 0.202 e. The topological polar surface area (TPSA) is 56.0 Å². The molecule has 4 aromatic rings. The van der Waals surface area contributed by atoms with Gasteiger partial charge >= 0.3 is 0 Å². The fourth-order valence-electron chi connectivity index (χ4n) is 3.44. The Bertz CT molecular complexity index is 1230. The van der Waals surface area contributed by atoms with Crippen LogP contribution < -0.4 is 4.74 Å². The quantitative estimate of drug-likeness (QED) is 0.362. The molecule has 0 saturated heterocycles. The maximum atomic E-state index is 6.10. The van der Waals surface area contributed by atoms with Crippen LogP contribution in [0.4, 0.5) is 0 Å². The van der Waals surface area contributed by atoms with Crippen LogP contribution in [0.5, 0.6) is 5.75 Å². The van der Waals surface area contributed by atoms with Crippen molar-refractivity contribution in [3.63, 3.8) is 0 Å². The van der Waals surface area contributed by atoms with E-state index in [-0.39, 0.29) is 0 Å². The summed E-state index contributed by atoms with van der Waals surface area (Å²) in [6.45, 7) is 8.79. The van der Waals surface area contributed by atoms with Crippen molar-refractivity contribution in [2.75, 3.05) is 0 Å². The number of H-pyrrole nitrogens is 1. The van der Waals surface area contributed by atoms with E-state index in [1.54, 1.807) is 0 Å². The normalized spacial score (nSPS) is 11.2. The standard InChI is InChI=1S/C24H25N3O2S/c1-15(2)20-10-8-17(4)13-22(20)28-14-19-9-11-21(29-19)23-25-26-24(30)27(23)18-7-5-6-16(3)12-18/h5-13,15H,14H2,1-4H3,(H,26,30). The number of hydrogen-bond donors (Lipinski definition) is 1. The van der Waals surface area contributed by atoms with Crippen molar-refractivity contribution in [3.8, 4) is 23.0 Å². The number of benzene rings is 2. The van der Waals surface area contributed by atoms with Crippen molar-refractivity contribution in [2.24, 2.45) is 0 Å². The third-order valence-electron chi connectivity index (χ3n) is 4.98. The van der Waals surface area contributed by atoms with Crippen LogP contribution >= 0.6 is 12.2 Å². The molecule has 30 heavy (non-hydrogen) atoms. The maximum Gasteiger partial charge on any atom is 0.202 e. The van der Waals surface area contributed by atoms with Gasteiger partial charge in [-0.2, -0.15) is 5.10 Å². The lowest BCUT2D eigenvalue weighted by molar-refractivity contribution is 0.268. The lowest BCUT2D eigenvalue weighted by atomic mass is 10.0. The molecular weight excluding hydrogens is 394 g/mol. The largest absolute Gasteiger partial charge is 0.485 e. The van der Waals surface area contributed by atoms with E-state index in [1.165, 1.54) is 11.1 Å². The molecule has 0 aliphatic heterocycles. The molecule has 2 aromatic carbocycles. The summed E-state index contributed by atoms with van der Waals surface area (Å²) in [6.07, 6.45) is 0. The molecule has 6 heteroatoms. The Hall–Kier alpha value is -3.12. The van der Waals surface area contributed by atoms with Crippen LogP contribution in [0.2, 0.25) is 0 Å².